The first-order valence-electron chi connectivity index (χ1n) is 8.81. The Morgan fingerprint density at radius 1 is 0.793 bits per heavy atom. The molecule has 0 bridgehead atoms. The van der Waals surface area contributed by atoms with Crippen molar-refractivity contribution in [3.63, 3.8) is 0 Å². The molecule has 4 rings (SSSR count). The molecule has 0 aliphatic heterocycles. The van der Waals surface area contributed by atoms with E-state index in [4.69, 9.17) is 24.0 Å². The van der Waals surface area contributed by atoms with E-state index < -0.39 is 0 Å². The van der Waals surface area contributed by atoms with E-state index in [1.165, 1.54) is 11.3 Å². The van der Waals surface area contributed by atoms with Crippen molar-refractivity contribution in [3.05, 3.63) is 47.8 Å². The van der Waals surface area contributed by atoms with E-state index in [1.54, 1.807) is 33.0 Å². The summed E-state index contributed by atoms with van der Waals surface area (Å²) < 4.78 is 23.1. The minimum atomic E-state index is 0.566. The van der Waals surface area contributed by atoms with Crippen LogP contribution in [0.5, 0.6) is 23.0 Å². The number of ether oxygens (including phenoxy) is 4. The molecule has 29 heavy (non-hydrogen) atoms. The Bertz CT molecular complexity index is 1150. The molecule has 0 amide bonds. The third-order valence-corrected chi connectivity index (χ3v) is 5.44. The Hall–Kier alpha value is -3.33. The van der Waals surface area contributed by atoms with Gasteiger partial charge in [-0.25, -0.2) is 0 Å². The Balaban J connectivity index is 1.66. The van der Waals surface area contributed by atoms with Crippen LogP contribution in [0.2, 0.25) is 0 Å². The zero-order chi connectivity index (χ0) is 20.4. The summed E-state index contributed by atoms with van der Waals surface area (Å²) in [6, 6.07) is 11.5. The van der Waals surface area contributed by atoms with E-state index in [2.05, 4.69) is 10.2 Å². The molecule has 150 valence electrons. The molecule has 0 aliphatic rings. The summed E-state index contributed by atoms with van der Waals surface area (Å²) in [6.07, 6.45) is 0.566. The van der Waals surface area contributed by atoms with Crippen molar-refractivity contribution in [1.29, 1.82) is 0 Å². The molecule has 4 aromatic rings. The average Bonchev–Trinajstić information content (AvgIpc) is 3.35. The number of methoxy groups -OCH3 is 4. The van der Waals surface area contributed by atoms with Gasteiger partial charge in [0.15, 0.2) is 28.8 Å². The monoisotopic (exact) mass is 412 g/mol. The van der Waals surface area contributed by atoms with Gasteiger partial charge in [0.2, 0.25) is 4.96 Å². The van der Waals surface area contributed by atoms with Crippen molar-refractivity contribution in [2.24, 2.45) is 0 Å². The van der Waals surface area contributed by atoms with Gasteiger partial charge < -0.3 is 18.9 Å². The summed E-state index contributed by atoms with van der Waals surface area (Å²) in [6.45, 7) is 0. The lowest BCUT2D eigenvalue weighted by molar-refractivity contribution is 0.354. The number of hydrogen-bond donors (Lipinski definition) is 0. The lowest BCUT2D eigenvalue weighted by Crippen LogP contribution is -1.99. The smallest absolute Gasteiger partial charge is 0.234 e. The Labute approximate surface area is 171 Å². The minimum absolute atomic E-state index is 0.566. The highest BCUT2D eigenvalue weighted by Gasteiger charge is 2.16. The first-order valence-corrected chi connectivity index (χ1v) is 9.63. The number of rotatable bonds is 7. The second-order valence-electron chi connectivity index (χ2n) is 6.15. The van der Waals surface area contributed by atoms with Crippen molar-refractivity contribution in [2.45, 2.75) is 6.42 Å². The number of hydrogen-bond acceptors (Lipinski definition) is 8. The summed E-state index contributed by atoms with van der Waals surface area (Å²) in [4.78, 5) is 0.727. The van der Waals surface area contributed by atoms with Crippen LogP contribution in [0.25, 0.3) is 15.5 Å². The first-order chi connectivity index (χ1) is 14.2. The lowest BCUT2D eigenvalue weighted by atomic mass is 10.1. The Morgan fingerprint density at radius 3 is 2.14 bits per heavy atom. The topological polar surface area (TPSA) is 80.0 Å². The highest BCUT2D eigenvalue weighted by Crippen LogP contribution is 2.34. The summed E-state index contributed by atoms with van der Waals surface area (Å²) >= 11 is 1.47. The van der Waals surface area contributed by atoms with Gasteiger partial charge in [-0.15, -0.1) is 10.2 Å². The van der Waals surface area contributed by atoms with Crippen LogP contribution in [0.3, 0.4) is 0 Å². The zero-order valence-electron chi connectivity index (χ0n) is 16.5. The lowest BCUT2D eigenvalue weighted by Gasteiger charge is -2.09. The third kappa shape index (κ3) is 3.56. The fourth-order valence-corrected chi connectivity index (χ4v) is 3.88. The second-order valence-corrected chi connectivity index (χ2v) is 7.11. The number of fused-ring (bicyclic) bond motifs is 1. The van der Waals surface area contributed by atoms with Gasteiger partial charge in [-0.1, -0.05) is 17.4 Å². The summed E-state index contributed by atoms with van der Waals surface area (Å²) in [7, 11) is 6.46. The van der Waals surface area contributed by atoms with E-state index in [0.29, 0.717) is 29.4 Å². The van der Waals surface area contributed by atoms with Crippen molar-refractivity contribution in [1.82, 2.24) is 19.8 Å². The fraction of sp³-hybridized carbons (Fsp3) is 0.250. The number of aromatic nitrogens is 4. The maximum absolute atomic E-state index is 5.39. The van der Waals surface area contributed by atoms with Crippen molar-refractivity contribution in [2.75, 3.05) is 28.4 Å². The van der Waals surface area contributed by atoms with E-state index in [0.717, 1.165) is 26.9 Å². The van der Waals surface area contributed by atoms with E-state index in [9.17, 15) is 0 Å². The van der Waals surface area contributed by atoms with Gasteiger partial charge in [-0.05, 0) is 35.9 Å². The van der Waals surface area contributed by atoms with E-state index in [1.807, 2.05) is 36.4 Å². The van der Waals surface area contributed by atoms with Crippen LogP contribution in [0.15, 0.2) is 36.4 Å². The van der Waals surface area contributed by atoms with Crippen LogP contribution in [0.4, 0.5) is 0 Å². The molecular weight excluding hydrogens is 392 g/mol. The molecule has 0 saturated carbocycles. The Morgan fingerprint density at radius 2 is 1.45 bits per heavy atom. The number of nitrogens with zero attached hydrogens (tertiary/aromatic N) is 4. The molecule has 0 atom stereocenters. The van der Waals surface area contributed by atoms with Crippen molar-refractivity contribution < 1.29 is 18.9 Å². The molecule has 2 aromatic heterocycles. The van der Waals surface area contributed by atoms with Gasteiger partial charge in [-0.2, -0.15) is 9.61 Å². The molecule has 2 heterocycles. The Kier molecular flexibility index (Phi) is 5.22. The van der Waals surface area contributed by atoms with Crippen LogP contribution < -0.4 is 18.9 Å². The van der Waals surface area contributed by atoms with Gasteiger partial charge >= 0.3 is 0 Å². The largest absolute Gasteiger partial charge is 0.493 e. The third-order valence-electron chi connectivity index (χ3n) is 4.50. The molecule has 0 unspecified atom stereocenters. The van der Waals surface area contributed by atoms with Gasteiger partial charge in [0.25, 0.3) is 0 Å². The van der Waals surface area contributed by atoms with Crippen molar-refractivity contribution >= 4 is 16.3 Å². The van der Waals surface area contributed by atoms with Crippen LogP contribution in [-0.2, 0) is 6.42 Å². The molecule has 0 aliphatic carbocycles. The maximum atomic E-state index is 5.39. The maximum Gasteiger partial charge on any atom is 0.234 e. The highest BCUT2D eigenvalue weighted by molar-refractivity contribution is 7.19. The second kappa shape index (κ2) is 7.96. The number of benzene rings is 2. The molecule has 9 heteroatoms. The van der Waals surface area contributed by atoms with E-state index in [-0.39, 0.29) is 0 Å². The molecule has 0 radical (unpaired) electrons. The molecule has 0 fully saturated rings. The predicted molar refractivity (Wildman–Crippen MR) is 110 cm³/mol. The van der Waals surface area contributed by atoms with Gasteiger partial charge in [-0.3, -0.25) is 0 Å². The molecule has 0 spiro atoms. The zero-order valence-corrected chi connectivity index (χ0v) is 17.3. The quantitative estimate of drug-likeness (QED) is 0.460. The van der Waals surface area contributed by atoms with Crippen LogP contribution >= 0.6 is 11.3 Å². The van der Waals surface area contributed by atoms with Gasteiger partial charge in [0.1, 0.15) is 5.01 Å². The van der Waals surface area contributed by atoms with Crippen LogP contribution in [-0.4, -0.2) is 48.3 Å². The predicted octanol–water partition coefficient (Wildman–Crippen LogP) is 3.48. The van der Waals surface area contributed by atoms with Gasteiger partial charge in [0.05, 0.1) is 28.4 Å². The van der Waals surface area contributed by atoms with Crippen molar-refractivity contribution in [3.8, 4) is 33.6 Å². The molecule has 0 saturated heterocycles. The van der Waals surface area contributed by atoms with Crippen LogP contribution in [0, 0.1) is 0 Å². The summed E-state index contributed by atoms with van der Waals surface area (Å²) in [5.41, 5.74) is 1.95. The molecular formula is C20H20N4O4S. The van der Waals surface area contributed by atoms with Crippen LogP contribution in [0.1, 0.15) is 11.4 Å². The SMILES string of the molecule is COc1ccc(Cc2nnc3sc(-c4ccc(OC)c(OC)c4)nn23)cc1OC. The minimum Gasteiger partial charge on any atom is -0.493 e. The normalized spacial score (nSPS) is 10.9. The first kappa shape index (κ1) is 19.0. The molecule has 0 N–H and O–H groups in total. The van der Waals surface area contributed by atoms with E-state index >= 15 is 0 Å². The standard InChI is InChI=1S/C20H20N4O4S/c1-25-14-7-5-12(9-16(14)27-3)10-18-21-22-20-24(18)23-19(29-20)13-6-8-15(26-2)17(11-13)28-4/h5-9,11H,10H2,1-4H3. The molecule has 8 nitrogen and oxygen atoms in total. The fourth-order valence-electron chi connectivity index (χ4n) is 3.03. The molecule has 2 aromatic carbocycles. The highest BCUT2D eigenvalue weighted by atomic mass is 32.1. The summed E-state index contributed by atoms with van der Waals surface area (Å²) in [5.74, 6) is 3.44. The summed E-state index contributed by atoms with van der Waals surface area (Å²) in [5, 5.41) is 14.1. The average molecular weight is 412 g/mol. The van der Waals surface area contributed by atoms with Gasteiger partial charge in [0, 0.05) is 12.0 Å².